The summed E-state index contributed by atoms with van der Waals surface area (Å²) in [6, 6.07) is 4.44. The Bertz CT molecular complexity index is 760. The maximum atomic E-state index is 12.8. The molecule has 2 atom stereocenters. The van der Waals surface area contributed by atoms with Crippen LogP contribution in [0.15, 0.2) is 18.3 Å². The van der Waals surface area contributed by atoms with Gasteiger partial charge in [-0.05, 0) is 57.7 Å². The Hall–Kier alpha value is -2.24. The molecule has 0 unspecified atom stereocenters. The van der Waals surface area contributed by atoms with Crippen LogP contribution in [0.5, 0.6) is 0 Å². The molecule has 0 spiro atoms. The van der Waals surface area contributed by atoms with E-state index in [-0.39, 0.29) is 18.1 Å². The van der Waals surface area contributed by atoms with Gasteiger partial charge in [0.05, 0.1) is 11.7 Å². The van der Waals surface area contributed by atoms with E-state index in [1.165, 1.54) is 17.0 Å². The highest BCUT2D eigenvalue weighted by Gasteiger charge is 2.31. The number of aryl methyl sites for hydroxylation is 3. The Labute approximate surface area is 149 Å². The molecule has 0 aliphatic carbocycles. The first-order valence-corrected chi connectivity index (χ1v) is 9.06. The van der Waals surface area contributed by atoms with Crippen molar-refractivity contribution >= 4 is 6.03 Å². The monoisotopic (exact) mass is 343 g/mol. The second kappa shape index (κ2) is 6.94. The van der Waals surface area contributed by atoms with Gasteiger partial charge in [-0.2, -0.15) is 5.10 Å². The zero-order chi connectivity index (χ0) is 18.1. The van der Waals surface area contributed by atoms with E-state index in [4.69, 9.17) is 0 Å². The molecule has 0 radical (unpaired) electrons. The molecule has 0 bridgehead atoms. The van der Waals surface area contributed by atoms with Gasteiger partial charge in [0.15, 0.2) is 0 Å². The number of amides is 2. The first-order chi connectivity index (χ1) is 11.9. The fraction of sp³-hybridized carbons (Fsp3) is 0.579. The van der Waals surface area contributed by atoms with Gasteiger partial charge in [0.25, 0.3) is 0 Å². The number of aromatic nitrogens is 3. The van der Waals surface area contributed by atoms with Crippen molar-refractivity contribution in [1.29, 1.82) is 0 Å². The van der Waals surface area contributed by atoms with Crippen LogP contribution in [0.4, 0.5) is 4.79 Å². The lowest BCUT2D eigenvalue weighted by molar-refractivity contribution is 0.188. The SMILES string of the molecule is Cc1nn(C)c(C)c1C[C@@H](C)NC(=O)N1CCC[C@@H]1c1cccn1C. The molecule has 2 amide bonds. The summed E-state index contributed by atoms with van der Waals surface area (Å²) in [4.78, 5) is 14.8. The van der Waals surface area contributed by atoms with Crippen LogP contribution in [0, 0.1) is 13.8 Å². The number of nitrogens with one attached hydrogen (secondary N) is 1. The molecule has 6 nitrogen and oxygen atoms in total. The number of carbonyl (C=O) groups excluding carboxylic acids is 1. The second-order valence-corrected chi connectivity index (χ2v) is 7.22. The highest BCUT2D eigenvalue weighted by Crippen LogP contribution is 2.31. The molecule has 1 aliphatic rings. The fourth-order valence-corrected chi connectivity index (χ4v) is 3.90. The van der Waals surface area contributed by atoms with E-state index in [1.54, 1.807) is 0 Å². The van der Waals surface area contributed by atoms with Crippen LogP contribution in [-0.4, -0.2) is 37.9 Å². The number of hydrogen-bond donors (Lipinski definition) is 1. The van der Waals surface area contributed by atoms with Crippen LogP contribution < -0.4 is 5.32 Å². The molecule has 6 heteroatoms. The van der Waals surface area contributed by atoms with Gasteiger partial charge in [-0.3, -0.25) is 4.68 Å². The summed E-state index contributed by atoms with van der Waals surface area (Å²) in [5.74, 6) is 0. The number of nitrogens with zero attached hydrogens (tertiary/aromatic N) is 4. The minimum Gasteiger partial charge on any atom is -0.353 e. The summed E-state index contributed by atoms with van der Waals surface area (Å²) in [5, 5.41) is 7.65. The second-order valence-electron chi connectivity index (χ2n) is 7.22. The van der Waals surface area contributed by atoms with Crippen molar-refractivity contribution in [1.82, 2.24) is 24.6 Å². The Balaban J connectivity index is 1.66. The third kappa shape index (κ3) is 3.43. The zero-order valence-electron chi connectivity index (χ0n) is 15.9. The van der Waals surface area contributed by atoms with Crippen molar-refractivity contribution in [2.24, 2.45) is 14.1 Å². The lowest BCUT2D eigenvalue weighted by Gasteiger charge is -2.27. The highest BCUT2D eigenvalue weighted by molar-refractivity contribution is 5.75. The number of hydrogen-bond acceptors (Lipinski definition) is 2. The van der Waals surface area contributed by atoms with Gasteiger partial charge in [0.1, 0.15) is 0 Å². The van der Waals surface area contributed by atoms with Gasteiger partial charge in [0, 0.05) is 44.3 Å². The first kappa shape index (κ1) is 17.6. The number of urea groups is 1. The zero-order valence-corrected chi connectivity index (χ0v) is 15.9. The van der Waals surface area contributed by atoms with Gasteiger partial charge in [-0.1, -0.05) is 0 Å². The quantitative estimate of drug-likeness (QED) is 0.928. The van der Waals surface area contributed by atoms with Crippen LogP contribution in [-0.2, 0) is 20.5 Å². The molecule has 0 aromatic carbocycles. The molecule has 0 saturated carbocycles. The molecule has 136 valence electrons. The van der Waals surface area contributed by atoms with E-state index in [2.05, 4.69) is 34.9 Å². The minimum atomic E-state index is 0.0374. The van der Waals surface area contributed by atoms with Gasteiger partial charge in [-0.25, -0.2) is 4.79 Å². The van der Waals surface area contributed by atoms with Gasteiger partial charge in [0.2, 0.25) is 0 Å². The maximum Gasteiger partial charge on any atom is 0.318 e. The van der Waals surface area contributed by atoms with E-state index >= 15 is 0 Å². The van der Waals surface area contributed by atoms with Crippen LogP contribution in [0.25, 0.3) is 0 Å². The van der Waals surface area contributed by atoms with Crippen LogP contribution in [0.2, 0.25) is 0 Å². The van der Waals surface area contributed by atoms with Crippen molar-refractivity contribution < 1.29 is 4.79 Å². The summed E-state index contributed by atoms with van der Waals surface area (Å²) in [7, 11) is 4.00. The maximum absolute atomic E-state index is 12.8. The third-order valence-electron chi connectivity index (χ3n) is 5.38. The summed E-state index contributed by atoms with van der Waals surface area (Å²) >= 11 is 0. The van der Waals surface area contributed by atoms with Crippen molar-refractivity contribution in [2.75, 3.05) is 6.54 Å². The number of rotatable bonds is 4. The standard InChI is InChI=1S/C19H29N5O/c1-13(12-16-14(2)21-23(5)15(16)3)20-19(25)24-11-7-9-18(24)17-8-6-10-22(17)4/h6,8,10,13,18H,7,9,11-12H2,1-5H3,(H,20,25)/t13-,18-/m1/s1. The lowest BCUT2D eigenvalue weighted by Crippen LogP contribution is -2.44. The fourth-order valence-electron chi connectivity index (χ4n) is 3.90. The Kier molecular flexibility index (Phi) is 4.88. The average Bonchev–Trinajstić information content (AvgIpc) is 3.24. The Morgan fingerprint density at radius 1 is 1.40 bits per heavy atom. The predicted molar refractivity (Wildman–Crippen MR) is 98.5 cm³/mol. The van der Waals surface area contributed by atoms with Gasteiger partial charge >= 0.3 is 6.03 Å². The molecule has 3 rings (SSSR count). The minimum absolute atomic E-state index is 0.0374. The lowest BCUT2D eigenvalue weighted by atomic mass is 10.1. The summed E-state index contributed by atoms with van der Waals surface area (Å²) in [6.45, 7) is 7.00. The summed E-state index contributed by atoms with van der Waals surface area (Å²) in [5.41, 5.74) is 4.65. The van der Waals surface area contributed by atoms with E-state index in [9.17, 15) is 4.79 Å². The third-order valence-corrected chi connectivity index (χ3v) is 5.38. The molecule has 1 fully saturated rings. The van der Waals surface area contributed by atoms with Crippen molar-refractivity contribution in [3.63, 3.8) is 0 Å². The average molecular weight is 343 g/mol. The Morgan fingerprint density at radius 2 is 2.16 bits per heavy atom. The van der Waals surface area contributed by atoms with Crippen molar-refractivity contribution in [3.05, 3.63) is 41.0 Å². The van der Waals surface area contributed by atoms with Crippen molar-refractivity contribution in [3.8, 4) is 0 Å². The molecule has 1 N–H and O–H groups in total. The Morgan fingerprint density at radius 3 is 2.76 bits per heavy atom. The summed E-state index contributed by atoms with van der Waals surface area (Å²) < 4.78 is 4.02. The van der Waals surface area contributed by atoms with Gasteiger partial charge < -0.3 is 14.8 Å². The molecular formula is C19H29N5O. The molecule has 2 aromatic rings. The molecule has 25 heavy (non-hydrogen) atoms. The number of likely N-dealkylation sites (tertiary alicyclic amines) is 1. The van der Waals surface area contributed by atoms with Crippen LogP contribution in [0.1, 0.15) is 48.5 Å². The molecule has 2 aromatic heterocycles. The molecule has 3 heterocycles. The first-order valence-electron chi connectivity index (χ1n) is 9.06. The van der Waals surface area contributed by atoms with E-state index in [0.29, 0.717) is 0 Å². The van der Waals surface area contributed by atoms with Crippen LogP contribution in [0.3, 0.4) is 0 Å². The highest BCUT2D eigenvalue weighted by atomic mass is 16.2. The molecule has 1 saturated heterocycles. The smallest absolute Gasteiger partial charge is 0.318 e. The predicted octanol–water partition coefficient (Wildman–Crippen LogP) is 2.85. The van der Waals surface area contributed by atoms with Gasteiger partial charge in [-0.15, -0.1) is 0 Å². The summed E-state index contributed by atoms with van der Waals surface area (Å²) in [6.07, 6.45) is 4.93. The van der Waals surface area contributed by atoms with E-state index in [0.717, 1.165) is 31.5 Å². The number of carbonyl (C=O) groups is 1. The van der Waals surface area contributed by atoms with E-state index < -0.39 is 0 Å². The molecular weight excluding hydrogens is 314 g/mol. The van der Waals surface area contributed by atoms with Crippen LogP contribution >= 0.6 is 0 Å². The molecule has 1 aliphatic heterocycles. The largest absolute Gasteiger partial charge is 0.353 e. The van der Waals surface area contributed by atoms with E-state index in [1.807, 2.05) is 42.9 Å². The normalized spacial score (nSPS) is 18.6. The topological polar surface area (TPSA) is 55.1 Å². The van der Waals surface area contributed by atoms with Crippen molar-refractivity contribution in [2.45, 2.75) is 52.1 Å².